The highest BCUT2D eigenvalue weighted by molar-refractivity contribution is 7.80. The lowest BCUT2D eigenvalue weighted by Gasteiger charge is -2.10. The van der Waals surface area contributed by atoms with Gasteiger partial charge in [-0.3, -0.25) is 20.2 Å². The summed E-state index contributed by atoms with van der Waals surface area (Å²) >= 11 is 6.81. The van der Waals surface area contributed by atoms with Crippen molar-refractivity contribution in [3.8, 4) is 16.3 Å². The van der Waals surface area contributed by atoms with Crippen LogP contribution in [0.2, 0.25) is 0 Å². The van der Waals surface area contributed by atoms with E-state index in [1.807, 2.05) is 48.5 Å². The molecule has 0 spiro atoms. The van der Waals surface area contributed by atoms with E-state index in [0.29, 0.717) is 5.69 Å². The third-order valence-electron chi connectivity index (χ3n) is 4.55. The number of thiocarbonyl (C=S) groups is 1. The van der Waals surface area contributed by atoms with Crippen molar-refractivity contribution in [1.29, 1.82) is 0 Å². The fourth-order valence-corrected chi connectivity index (χ4v) is 4.18. The molecule has 0 unspecified atom stereocenters. The first kappa shape index (κ1) is 21.3. The van der Waals surface area contributed by atoms with Crippen LogP contribution in [0.1, 0.15) is 10.4 Å². The van der Waals surface area contributed by atoms with E-state index in [1.165, 1.54) is 19.2 Å². The number of para-hydroxylation sites is 1. The number of thiazole rings is 1. The number of hydrogen-bond acceptors (Lipinski definition) is 7. The summed E-state index contributed by atoms with van der Waals surface area (Å²) in [6, 6.07) is 19.4. The van der Waals surface area contributed by atoms with Crippen molar-refractivity contribution in [3.63, 3.8) is 0 Å². The number of ether oxygens (including phenoxy) is 1. The zero-order valence-electron chi connectivity index (χ0n) is 16.7. The van der Waals surface area contributed by atoms with E-state index in [4.69, 9.17) is 17.0 Å². The minimum absolute atomic E-state index is 0.0699. The molecule has 0 fully saturated rings. The highest BCUT2D eigenvalue weighted by Crippen LogP contribution is 2.30. The first-order valence-electron chi connectivity index (χ1n) is 9.35. The lowest BCUT2D eigenvalue weighted by Crippen LogP contribution is -2.34. The van der Waals surface area contributed by atoms with Crippen LogP contribution >= 0.6 is 23.6 Å². The number of hydrogen-bond donors (Lipinski definition) is 2. The summed E-state index contributed by atoms with van der Waals surface area (Å²) in [5.74, 6) is -0.500. The molecule has 0 saturated heterocycles. The Hall–Kier alpha value is -3.89. The van der Waals surface area contributed by atoms with E-state index < -0.39 is 10.8 Å². The Balaban J connectivity index is 1.42. The van der Waals surface area contributed by atoms with Crippen molar-refractivity contribution in [3.05, 3.63) is 82.4 Å². The molecule has 0 bridgehead atoms. The highest BCUT2D eigenvalue weighted by atomic mass is 32.1. The number of nitro groups is 1. The fraction of sp³-hybridized carbons (Fsp3) is 0.0455. The molecular formula is C22H16N4O4S2. The summed E-state index contributed by atoms with van der Waals surface area (Å²) in [5, 5.41) is 17.6. The number of methoxy groups -OCH3 is 1. The minimum Gasteiger partial charge on any atom is -0.490 e. The smallest absolute Gasteiger partial charge is 0.311 e. The number of rotatable bonds is 5. The van der Waals surface area contributed by atoms with Crippen LogP contribution < -0.4 is 15.4 Å². The third kappa shape index (κ3) is 4.56. The van der Waals surface area contributed by atoms with Crippen LogP contribution in [-0.2, 0) is 0 Å². The fourth-order valence-electron chi connectivity index (χ4n) is 3.00. The lowest BCUT2D eigenvalue weighted by atomic mass is 10.1. The average molecular weight is 465 g/mol. The van der Waals surface area contributed by atoms with Crippen LogP contribution in [0.15, 0.2) is 66.7 Å². The molecule has 1 amide bonds. The van der Waals surface area contributed by atoms with Gasteiger partial charge in [0.1, 0.15) is 5.01 Å². The Morgan fingerprint density at radius 3 is 2.56 bits per heavy atom. The van der Waals surface area contributed by atoms with Gasteiger partial charge in [0.2, 0.25) is 0 Å². The van der Waals surface area contributed by atoms with Gasteiger partial charge in [-0.05, 0) is 60.7 Å². The maximum absolute atomic E-state index is 12.4. The van der Waals surface area contributed by atoms with E-state index in [-0.39, 0.29) is 22.1 Å². The molecule has 0 aliphatic heterocycles. The molecule has 3 aromatic carbocycles. The van der Waals surface area contributed by atoms with Crippen molar-refractivity contribution < 1.29 is 14.5 Å². The molecule has 8 nitrogen and oxygen atoms in total. The molecule has 0 radical (unpaired) electrons. The molecule has 1 heterocycles. The summed E-state index contributed by atoms with van der Waals surface area (Å²) in [6.07, 6.45) is 0. The van der Waals surface area contributed by atoms with Crippen molar-refractivity contribution >= 4 is 56.2 Å². The van der Waals surface area contributed by atoms with Crippen molar-refractivity contribution in [1.82, 2.24) is 10.3 Å². The number of benzene rings is 3. The Morgan fingerprint density at radius 2 is 1.88 bits per heavy atom. The second-order valence-corrected chi connectivity index (χ2v) is 8.05. The van der Waals surface area contributed by atoms with Gasteiger partial charge in [-0.25, -0.2) is 4.98 Å². The van der Waals surface area contributed by atoms with Crippen LogP contribution in [0.4, 0.5) is 11.4 Å². The topological polar surface area (TPSA) is 106 Å². The summed E-state index contributed by atoms with van der Waals surface area (Å²) in [6.45, 7) is 0. The summed E-state index contributed by atoms with van der Waals surface area (Å²) in [7, 11) is 1.32. The molecule has 0 saturated carbocycles. The van der Waals surface area contributed by atoms with Crippen LogP contribution in [0.3, 0.4) is 0 Å². The normalized spacial score (nSPS) is 10.5. The zero-order valence-corrected chi connectivity index (χ0v) is 18.3. The third-order valence-corrected chi connectivity index (χ3v) is 5.84. The molecular weight excluding hydrogens is 448 g/mol. The number of aromatic nitrogens is 1. The SMILES string of the molecule is COc1ccc(C(=O)NC(=S)Nc2ccc(-c3nc4ccccc4s3)cc2)cc1[N+](=O)[O-]. The van der Waals surface area contributed by atoms with Gasteiger partial charge in [0, 0.05) is 22.9 Å². The Bertz CT molecular complexity index is 1300. The van der Waals surface area contributed by atoms with Crippen molar-refractivity contribution in [2.24, 2.45) is 0 Å². The van der Waals surface area contributed by atoms with Gasteiger partial charge in [0.05, 0.1) is 22.2 Å². The Kier molecular flexibility index (Phi) is 6.06. The number of nitrogens with zero attached hydrogens (tertiary/aromatic N) is 2. The lowest BCUT2D eigenvalue weighted by molar-refractivity contribution is -0.385. The number of anilines is 1. The van der Waals surface area contributed by atoms with E-state index in [1.54, 1.807) is 11.3 Å². The average Bonchev–Trinajstić information content (AvgIpc) is 3.23. The standard InChI is InChI=1S/C22H16N4O4S2/c1-30-18-11-8-14(12-17(18)26(28)29)20(27)25-22(31)23-15-9-6-13(7-10-15)21-24-16-4-2-3-5-19(16)32-21/h2-12H,1H3,(H2,23,25,27,31). The first-order valence-corrected chi connectivity index (χ1v) is 10.6. The molecule has 1 aromatic heterocycles. The Morgan fingerprint density at radius 1 is 1.12 bits per heavy atom. The largest absolute Gasteiger partial charge is 0.490 e. The number of carbonyl (C=O) groups is 1. The maximum Gasteiger partial charge on any atom is 0.311 e. The minimum atomic E-state index is -0.612. The van der Waals surface area contributed by atoms with Gasteiger partial charge in [-0.2, -0.15) is 0 Å². The van der Waals surface area contributed by atoms with Crippen molar-refractivity contribution in [2.45, 2.75) is 0 Å². The van der Waals surface area contributed by atoms with Gasteiger partial charge in [-0.1, -0.05) is 12.1 Å². The second kappa shape index (κ2) is 9.08. The van der Waals surface area contributed by atoms with Gasteiger partial charge in [0.15, 0.2) is 10.9 Å². The molecule has 0 aliphatic carbocycles. The summed E-state index contributed by atoms with van der Waals surface area (Å²) in [5.41, 5.74) is 2.40. The van der Waals surface area contributed by atoms with Crippen LogP contribution in [-0.4, -0.2) is 28.0 Å². The van der Waals surface area contributed by atoms with Crippen LogP contribution in [0.5, 0.6) is 5.75 Å². The number of nitro benzene ring substituents is 1. The van der Waals surface area contributed by atoms with E-state index in [0.717, 1.165) is 26.9 Å². The molecule has 32 heavy (non-hydrogen) atoms. The second-order valence-electron chi connectivity index (χ2n) is 6.62. The number of nitrogens with one attached hydrogen (secondary N) is 2. The van der Waals surface area contributed by atoms with E-state index in [9.17, 15) is 14.9 Å². The van der Waals surface area contributed by atoms with Gasteiger partial charge in [0.25, 0.3) is 5.91 Å². The van der Waals surface area contributed by atoms with Crippen molar-refractivity contribution in [2.75, 3.05) is 12.4 Å². The molecule has 10 heteroatoms. The molecule has 4 rings (SSSR count). The molecule has 0 atom stereocenters. The molecule has 2 N–H and O–H groups in total. The van der Waals surface area contributed by atoms with Crippen LogP contribution in [0, 0.1) is 10.1 Å². The highest BCUT2D eigenvalue weighted by Gasteiger charge is 2.18. The first-order chi connectivity index (χ1) is 15.4. The molecule has 0 aliphatic rings. The van der Waals surface area contributed by atoms with Gasteiger partial charge < -0.3 is 10.1 Å². The summed E-state index contributed by atoms with van der Waals surface area (Å²) in [4.78, 5) is 27.6. The number of carbonyl (C=O) groups excluding carboxylic acids is 1. The predicted octanol–water partition coefficient (Wildman–Crippen LogP) is 5.01. The quantitative estimate of drug-likeness (QED) is 0.243. The zero-order chi connectivity index (χ0) is 22.7. The summed E-state index contributed by atoms with van der Waals surface area (Å²) < 4.78 is 6.06. The number of amides is 1. The Labute approximate surface area is 192 Å². The van der Waals surface area contributed by atoms with Crippen LogP contribution in [0.25, 0.3) is 20.8 Å². The molecule has 4 aromatic rings. The molecule has 160 valence electrons. The predicted molar refractivity (Wildman–Crippen MR) is 128 cm³/mol. The van der Waals surface area contributed by atoms with E-state index in [2.05, 4.69) is 15.6 Å². The van der Waals surface area contributed by atoms with Gasteiger partial charge in [-0.15, -0.1) is 11.3 Å². The maximum atomic E-state index is 12.4. The number of fused-ring (bicyclic) bond motifs is 1. The monoisotopic (exact) mass is 464 g/mol. The van der Waals surface area contributed by atoms with E-state index >= 15 is 0 Å². The van der Waals surface area contributed by atoms with Gasteiger partial charge >= 0.3 is 5.69 Å².